The number of fused-ring (bicyclic) bond motifs is 1. The Kier molecular flexibility index (Phi) is 5.04. The van der Waals surface area contributed by atoms with Gasteiger partial charge in [-0.3, -0.25) is 14.9 Å². The Balaban J connectivity index is 2.17. The molecule has 0 aliphatic heterocycles. The van der Waals surface area contributed by atoms with Crippen LogP contribution in [0.2, 0.25) is 0 Å². The van der Waals surface area contributed by atoms with Crippen molar-refractivity contribution in [3.8, 4) is 6.07 Å². The Morgan fingerprint density at radius 1 is 1.39 bits per heavy atom. The molecule has 23 heavy (non-hydrogen) atoms. The largest absolute Gasteiger partial charge is 0.370 e. The number of carbonyl (C=O) groups is 1. The first-order chi connectivity index (χ1) is 11.0. The van der Waals surface area contributed by atoms with Gasteiger partial charge in [0.25, 0.3) is 5.69 Å². The predicted octanol–water partition coefficient (Wildman–Crippen LogP) is 1.95. The summed E-state index contributed by atoms with van der Waals surface area (Å²) < 4.78 is 0. The van der Waals surface area contributed by atoms with Gasteiger partial charge in [-0.25, -0.2) is 4.98 Å². The first-order valence-corrected chi connectivity index (χ1v) is 6.99. The number of nitro groups is 1. The lowest BCUT2D eigenvalue weighted by molar-refractivity contribution is -0.384. The number of non-ortho nitro benzene ring substituents is 1. The van der Waals surface area contributed by atoms with Gasteiger partial charge in [-0.15, -0.1) is 0 Å². The van der Waals surface area contributed by atoms with E-state index in [9.17, 15) is 20.2 Å². The molecule has 0 spiro atoms. The lowest BCUT2D eigenvalue weighted by atomic mass is 10.1. The van der Waals surface area contributed by atoms with Crippen LogP contribution in [0.15, 0.2) is 24.3 Å². The first-order valence-electron chi connectivity index (χ1n) is 6.99. The second-order valence-electron chi connectivity index (χ2n) is 4.89. The number of nitro benzene ring substituents is 1. The van der Waals surface area contributed by atoms with Crippen molar-refractivity contribution in [2.24, 2.45) is 0 Å². The van der Waals surface area contributed by atoms with Crippen molar-refractivity contribution in [2.75, 3.05) is 18.4 Å². The molecule has 1 aromatic carbocycles. The highest BCUT2D eigenvalue weighted by molar-refractivity contribution is 5.88. The molecular weight excluding hydrogens is 298 g/mol. The summed E-state index contributed by atoms with van der Waals surface area (Å²) in [6.45, 7) is 2.58. The Morgan fingerprint density at radius 3 is 2.83 bits per heavy atom. The molecule has 0 saturated heterocycles. The van der Waals surface area contributed by atoms with Crippen LogP contribution in [0.5, 0.6) is 0 Å². The quantitative estimate of drug-likeness (QED) is 0.477. The number of nitrogens with one attached hydrogen (secondary N) is 2. The average molecular weight is 313 g/mol. The van der Waals surface area contributed by atoms with Crippen molar-refractivity contribution in [3.05, 3.63) is 39.9 Å². The molecule has 0 bridgehead atoms. The number of nitrogens with zero attached hydrogens (tertiary/aromatic N) is 3. The van der Waals surface area contributed by atoms with Crippen LogP contribution in [0.3, 0.4) is 0 Å². The van der Waals surface area contributed by atoms with E-state index >= 15 is 0 Å². The van der Waals surface area contributed by atoms with Crippen LogP contribution >= 0.6 is 0 Å². The molecule has 8 heteroatoms. The molecule has 0 atom stereocenters. The molecular formula is C15H15N5O3. The zero-order valence-corrected chi connectivity index (χ0v) is 12.5. The van der Waals surface area contributed by atoms with E-state index in [1.54, 1.807) is 6.07 Å². The molecule has 1 aromatic heterocycles. The van der Waals surface area contributed by atoms with Gasteiger partial charge < -0.3 is 10.6 Å². The van der Waals surface area contributed by atoms with E-state index in [2.05, 4.69) is 15.6 Å². The van der Waals surface area contributed by atoms with E-state index in [1.165, 1.54) is 25.1 Å². The second kappa shape index (κ2) is 7.17. The standard InChI is InChI=1S/C15H15N5O3/c1-10(21)17-5-2-6-18-15-7-11(9-16)13-8-12(20(22)23)3-4-14(13)19-15/h3-4,7-8H,2,5-6H2,1H3,(H,17,21)(H,18,19). The van der Waals surface area contributed by atoms with Crippen LogP contribution < -0.4 is 10.6 Å². The number of amides is 1. The van der Waals surface area contributed by atoms with Crippen molar-refractivity contribution < 1.29 is 9.72 Å². The minimum atomic E-state index is -0.505. The summed E-state index contributed by atoms with van der Waals surface area (Å²) in [5.74, 6) is 0.438. The van der Waals surface area contributed by atoms with Crippen LogP contribution in [0.1, 0.15) is 18.9 Å². The number of benzene rings is 1. The fourth-order valence-electron chi connectivity index (χ4n) is 2.08. The Labute approximate surface area is 132 Å². The van der Waals surface area contributed by atoms with Crippen LogP contribution in [0.4, 0.5) is 11.5 Å². The molecule has 1 amide bonds. The zero-order valence-electron chi connectivity index (χ0n) is 12.5. The highest BCUT2D eigenvalue weighted by Crippen LogP contribution is 2.24. The van der Waals surface area contributed by atoms with Gasteiger partial charge in [-0.2, -0.15) is 5.26 Å². The molecule has 8 nitrogen and oxygen atoms in total. The van der Waals surface area contributed by atoms with Gasteiger partial charge in [0, 0.05) is 37.5 Å². The summed E-state index contributed by atoms with van der Waals surface area (Å²) >= 11 is 0. The van der Waals surface area contributed by atoms with Crippen LogP contribution in [0.25, 0.3) is 10.9 Å². The first kappa shape index (κ1) is 16.2. The van der Waals surface area contributed by atoms with Gasteiger partial charge in [0.15, 0.2) is 0 Å². The number of aromatic nitrogens is 1. The maximum Gasteiger partial charge on any atom is 0.270 e. The average Bonchev–Trinajstić information content (AvgIpc) is 2.52. The van der Waals surface area contributed by atoms with Gasteiger partial charge >= 0.3 is 0 Å². The molecule has 0 fully saturated rings. The summed E-state index contributed by atoms with van der Waals surface area (Å²) in [6, 6.07) is 7.82. The van der Waals surface area contributed by atoms with Gasteiger partial charge in [-0.05, 0) is 18.6 Å². The van der Waals surface area contributed by atoms with Crippen molar-refractivity contribution in [1.29, 1.82) is 5.26 Å². The van der Waals surface area contributed by atoms with Crippen molar-refractivity contribution >= 4 is 28.3 Å². The summed E-state index contributed by atoms with van der Waals surface area (Å²) in [5.41, 5.74) is 0.758. The monoisotopic (exact) mass is 313 g/mol. The number of anilines is 1. The molecule has 118 valence electrons. The fraction of sp³-hybridized carbons (Fsp3) is 0.267. The van der Waals surface area contributed by atoms with Gasteiger partial charge in [0.1, 0.15) is 5.82 Å². The van der Waals surface area contributed by atoms with Crippen LogP contribution in [0, 0.1) is 21.4 Å². The predicted molar refractivity (Wildman–Crippen MR) is 84.9 cm³/mol. The Morgan fingerprint density at radius 2 is 2.17 bits per heavy atom. The third-order valence-corrected chi connectivity index (χ3v) is 3.16. The van der Waals surface area contributed by atoms with E-state index < -0.39 is 4.92 Å². The van der Waals surface area contributed by atoms with Crippen LogP contribution in [-0.2, 0) is 4.79 Å². The molecule has 0 saturated carbocycles. The van der Waals surface area contributed by atoms with Crippen LogP contribution in [-0.4, -0.2) is 28.9 Å². The zero-order chi connectivity index (χ0) is 16.8. The number of rotatable bonds is 6. The summed E-state index contributed by atoms with van der Waals surface area (Å²) in [7, 11) is 0. The SMILES string of the molecule is CC(=O)NCCCNc1cc(C#N)c2cc([N+](=O)[O-])ccc2n1. The maximum absolute atomic E-state index is 10.8. The molecule has 0 aliphatic carbocycles. The van der Waals surface area contributed by atoms with Crippen molar-refractivity contribution in [3.63, 3.8) is 0 Å². The molecule has 2 aromatic rings. The van der Waals surface area contributed by atoms with Gasteiger partial charge in [0.2, 0.25) is 5.91 Å². The topological polar surface area (TPSA) is 121 Å². The summed E-state index contributed by atoms with van der Waals surface area (Å²) in [5, 5.41) is 26.3. The van der Waals surface area contributed by atoms with E-state index in [1.807, 2.05) is 6.07 Å². The van der Waals surface area contributed by atoms with Gasteiger partial charge in [0.05, 0.1) is 22.1 Å². The number of nitriles is 1. The number of carbonyl (C=O) groups excluding carboxylic acids is 1. The minimum absolute atomic E-state index is 0.0770. The third-order valence-electron chi connectivity index (χ3n) is 3.16. The molecule has 0 unspecified atom stereocenters. The summed E-state index contributed by atoms with van der Waals surface area (Å²) in [6.07, 6.45) is 0.710. The highest BCUT2D eigenvalue weighted by atomic mass is 16.6. The number of hydrogen-bond acceptors (Lipinski definition) is 6. The van der Waals surface area contributed by atoms with Crippen molar-refractivity contribution in [2.45, 2.75) is 13.3 Å². The van der Waals surface area contributed by atoms with E-state index in [-0.39, 0.29) is 11.6 Å². The number of pyridine rings is 1. The summed E-state index contributed by atoms with van der Waals surface area (Å²) in [4.78, 5) is 25.4. The highest BCUT2D eigenvalue weighted by Gasteiger charge is 2.11. The molecule has 1 heterocycles. The fourth-order valence-corrected chi connectivity index (χ4v) is 2.08. The molecule has 2 rings (SSSR count). The molecule has 2 N–H and O–H groups in total. The third kappa shape index (κ3) is 4.14. The van der Waals surface area contributed by atoms with E-state index in [4.69, 9.17) is 0 Å². The second-order valence-corrected chi connectivity index (χ2v) is 4.89. The van der Waals surface area contributed by atoms with Crippen molar-refractivity contribution in [1.82, 2.24) is 10.3 Å². The van der Waals surface area contributed by atoms with E-state index in [0.29, 0.717) is 41.8 Å². The Hall–Kier alpha value is -3.21. The smallest absolute Gasteiger partial charge is 0.270 e. The lowest BCUT2D eigenvalue weighted by Crippen LogP contribution is -2.22. The normalized spacial score (nSPS) is 10.1. The maximum atomic E-state index is 10.8. The van der Waals surface area contributed by atoms with Gasteiger partial charge in [-0.1, -0.05) is 0 Å². The lowest BCUT2D eigenvalue weighted by Gasteiger charge is -2.08. The number of hydrogen-bond donors (Lipinski definition) is 2. The molecule has 0 aliphatic rings. The molecule has 0 radical (unpaired) electrons. The van der Waals surface area contributed by atoms with E-state index in [0.717, 1.165) is 0 Å². The Bertz CT molecular complexity index is 798. The minimum Gasteiger partial charge on any atom is -0.370 e.